The first-order chi connectivity index (χ1) is 10.5. The summed E-state index contributed by atoms with van der Waals surface area (Å²) in [6.45, 7) is 7.89. The van der Waals surface area contributed by atoms with Gasteiger partial charge in [-0.3, -0.25) is 0 Å². The molecule has 112 valence electrons. The minimum absolute atomic E-state index is 0.149. The number of benzene rings is 2. The van der Waals surface area contributed by atoms with Gasteiger partial charge < -0.3 is 0 Å². The van der Waals surface area contributed by atoms with Crippen LogP contribution in [-0.2, 0) is 0 Å². The maximum absolute atomic E-state index is 13.8. The quantitative estimate of drug-likeness (QED) is 0.651. The number of hydrogen-bond donors (Lipinski definition) is 0. The molecule has 3 aromatic rings. The molecule has 0 radical (unpaired) electrons. The number of rotatable bonds is 2. The zero-order valence-corrected chi connectivity index (χ0v) is 13.3. The van der Waals surface area contributed by atoms with Gasteiger partial charge in [0.1, 0.15) is 12.1 Å². The molecule has 0 bridgehead atoms. The van der Waals surface area contributed by atoms with Crippen molar-refractivity contribution < 1.29 is 4.39 Å². The molecule has 0 fully saturated rings. The molecular formula is C19H19FN2. The maximum atomic E-state index is 13.8. The van der Waals surface area contributed by atoms with Crippen LogP contribution in [0.2, 0.25) is 0 Å². The van der Waals surface area contributed by atoms with Gasteiger partial charge in [-0.2, -0.15) is 0 Å². The molecule has 0 atom stereocenters. The zero-order chi connectivity index (χ0) is 15.9. The van der Waals surface area contributed by atoms with E-state index in [1.165, 1.54) is 5.56 Å². The first-order valence-electron chi connectivity index (χ1n) is 7.49. The second-order valence-electron chi connectivity index (χ2n) is 6.08. The van der Waals surface area contributed by atoms with Gasteiger partial charge in [0.25, 0.3) is 0 Å². The van der Waals surface area contributed by atoms with Crippen molar-refractivity contribution in [3.05, 3.63) is 59.2 Å². The van der Waals surface area contributed by atoms with Gasteiger partial charge in [-0.15, -0.1) is 0 Å². The van der Waals surface area contributed by atoms with Crippen LogP contribution in [0.3, 0.4) is 0 Å². The molecular weight excluding hydrogens is 275 g/mol. The van der Waals surface area contributed by atoms with Crippen LogP contribution >= 0.6 is 0 Å². The highest BCUT2D eigenvalue weighted by Crippen LogP contribution is 2.29. The van der Waals surface area contributed by atoms with Gasteiger partial charge in [-0.05, 0) is 54.7 Å². The molecule has 0 saturated heterocycles. The Morgan fingerprint density at radius 2 is 1.64 bits per heavy atom. The van der Waals surface area contributed by atoms with Gasteiger partial charge in [0.15, 0.2) is 0 Å². The van der Waals surface area contributed by atoms with E-state index in [0.717, 1.165) is 22.2 Å². The standard InChI is InChI=1S/C19H19FN2/c1-11(2)14-5-6-16-17(9-14)21-10-22-19(16)15-7-12(3)18(20)13(4)8-15/h5-11H,1-4H3. The van der Waals surface area contributed by atoms with Gasteiger partial charge >= 0.3 is 0 Å². The SMILES string of the molecule is Cc1cc(-c2ncnc3cc(C(C)C)ccc23)cc(C)c1F. The van der Waals surface area contributed by atoms with Crippen LogP contribution in [-0.4, -0.2) is 9.97 Å². The first-order valence-corrected chi connectivity index (χ1v) is 7.49. The van der Waals surface area contributed by atoms with Gasteiger partial charge in [0, 0.05) is 10.9 Å². The van der Waals surface area contributed by atoms with E-state index >= 15 is 0 Å². The molecule has 0 N–H and O–H groups in total. The van der Waals surface area contributed by atoms with E-state index in [4.69, 9.17) is 0 Å². The van der Waals surface area contributed by atoms with Crippen LogP contribution in [0.5, 0.6) is 0 Å². The minimum Gasteiger partial charge on any atom is -0.236 e. The van der Waals surface area contributed by atoms with E-state index in [1.807, 2.05) is 12.1 Å². The molecule has 22 heavy (non-hydrogen) atoms. The first kappa shape index (κ1) is 14.6. The Kier molecular flexibility index (Phi) is 3.65. The fourth-order valence-corrected chi connectivity index (χ4v) is 2.75. The van der Waals surface area contributed by atoms with Crippen molar-refractivity contribution in [2.75, 3.05) is 0 Å². The van der Waals surface area contributed by atoms with E-state index < -0.39 is 0 Å². The number of aryl methyl sites for hydroxylation is 2. The predicted octanol–water partition coefficient (Wildman–Crippen LogP) is 5.18. The average molecular weight is 294 g/mol. The number of halogens is 1. The highest BCUT2D eigenvalue weighted by atomic mass is 19.1. The van der Waals surface area contributed by atoms with Crippen LogP contribution in [0, 0.1) is 19.7 Å². The van der Waals surface area contributed by atoms with Crippen molar-refractivity contribution in [3.63, 3.8) is 0 Å². The Bertz CT molecular complexity index is 830. The number of aromatic nitrogens is 2. The Hall–Kier alpha value is -2.29. The summed E-state index contributed by atoms with van der Waals surface area (Å²) in [4.78, 5) is 8.82. The largest absolute Gasteiger partial charge is 0.236 e. The number of hydrogen-bond acceptors (Lipinski definition) is 2. The molecule has 0 aliphatic heterocycles. The summed E-state index contributed by atoms with van der Waals surface area (Å²) in [6.07, 6.45) is 1.58. The van der Waals surface area contributed by atoms with Crippen molar-refractivity contribution in [2.45, 2.75) is 33.6 Å². The molecule has 0 spiro atoms. The summed E-state index contributed by atoms with van der Waals surface area (Å²) >= 11 is 0. The molecule has 0 saturated carbocycles. The van der Waals surface area contributed by atoms with Crippen molar-refractivity contribution in [1.29, 1.82) is 0 Å². The lowest BCUT2D eigenvalue weighted by Gasteiger charge is -2.11. The van der Waals surface area contributed by atoms with E-state index in [0.29, 0.717) is 17.0 Å². The normalized spacial score (nSPS) is 11.4. The second kappa shape index (κ2) is 5.48. The maximum Gasteiger partial charge on any atom is 0.129 e. The summed E-state index contributed by atoms with van der Waals surface area (Å²) < 4.78 is 13.8. The molecule has 1 heterocycles. The highest BCUT2D eigenvalue weighted by Gasteiger charge is 2.11. The second-order valence-corrected chi connectivity index (χ2v) is 6.08. The van der Waals surface area contributed by atoms with Crippen molar-refractivity contribution in [1.82, 2.24) is 9.97 Å². The third-order valence-electron chi connectivity index (χ3n) is 4.04. The lowest BCUT2D eigenvalue weighted by Crippen LogP contribution is -1.95. The van der Waals surface area contributed by atoms with Crippen LogP contribution < -0.4 is 0 Å². The predicted molar refractivity (Wildman–Crippen MR) is 88.5 cm³/mol. The van der Waals surface area contributed by atoms with Gasteiger partial charge in [-0.1, -0.05) is 26.0 Å². The van der Waals surface area contributed by atoms with Gasteiger partial charge in [-0.25, -0.2) is 14.4 Å². The fourth-order valence-electron chi connectivity index (χ4n) is 2.75. The van der Waals surface area contributed by atoms with Crippen molar-refractivity contribution >= 4 is 10.9 Å². The lowest BCUT2D eigenvalue weighted by molar-refractivity contribution is 0.609. The van der Waals surface area contributed by atoms with Gasteiger partial charge in [0.2, 0.25) is 0 Å². The molecule has 0 aliphatic rings. The topological polar surface area (TPSA) is 25.8 Å². The average Bonchev–Trinajstić information content (AvgIpc) is 2.50. The molecule has 0 amide bonds. The lowest BCUT2D eigenvalue weighted by atomic mass is 9.98. The summed E-state index contributed by atoms with van der Waals surface area (Å²) in [7, 11) is 0. The van der Waals surface area contributed by atoms with E-state index in [9.17, 15) is 4.39 Å². The third kappa shape index (κ3) is 2.47. The summed E-state index contributed by atoms with van der Waals surface area (Å²) in [6, 6.07) is 9.98. The number of fused-ring (bicyclic) bond motifs is 1. The summed E-state index contributed by atoms with van der Waals surface area (Å²) in [5.41, 5.74) is 5.24. The van der Waals surface area contributed by atoms with Gasteiger partial charge in [0.05, 0.1) is 11.2 Å². The van der Waals surface area contributed by atoms with E-state index in [2.05, 4.69) is 42.0 Å². The van der Waals surface area contributed by atoms with E-state index in [-0.39, 0.29) is 5.82 Å². The Labute approximate surface area is 130 Å². The molecule has 3 rings (SSSR count). The third-order valence-corrected chi connectivity index (χ3v) is 4.04. The molecule has 1 aromatic heterocycles. The van der Waals surface area contributed by atoms with Crippen molar-refractivity contribution in [2.24, 2.45) is 0 Å². The van der Waals surface area contributed by atoms with Crippen LogP contribution in [0.15, 0.2) is 36.7 Å². The smallest absolute Gasteiger partial charge is 0.129 e. The Balaban J connectivity index is 2.23. The Morgan fingerprint density at radius 3 is 2.27 bits per heavy atom. The summed E-state index contributed by atoms with van der Waals surface area (Å²) in [5.74, 6) is 0.308. The molecule has 3 heteroatoms. The van der Waals surface area contributed by atoms with Crippen LogP contribution in [0.1, 0.15) is 36.5 Å². The fraction of sp³-hybridized carbons (Fsp3) is 0.263. The molecule has 0 aliphatic carbocycles. The van der Waals surface area contributed by atoms with Crippen LogP contribution in [0.25, 0.3) is 22.2 Å². The Morgan fingerprint density at radius 1 is 0.955 bits per heavy atom. The molecule has 0 unspecified atom stereocenters. The van der Waals surface area contributed by atoms with Crippen LogP contribution in [0.4, 0.5) is 4.39 Å². The monoisotopic (exact) mass is 294 g/mol. The zero-order valence-electron chi connectivity index (χ0n) is 13.3. The summed E-state index contributed by atoms with van der Waals surface area (Å²) in [5, 5.41) is 0.998. The van der Waals surface area contributed by atoms with Crippen molar-refractivity contribution in [3.8, 4) is 11.3 Å². The number of nitrogens with zero attached hydrogens (tertiary/aromatic N) is 2. The van der Waals surface area contributed by atoms with E-state index in [1.54, 1.807) is 20.2 Å². The molecule has 2 aromatic carbocycles. The molecule has 2 nitrogen and oxygen atoms in total. The highest BCUT2D eigenvalue weighted by molar-refractivity contribution is 5.92. The minimum atomic E-state index is -0.149.